The Bertz CT molecular complexity index is 620. The van der Waals surface area contributed by atoms with Crippen LogP contribution >= 0.6 is 11.6 Å². The number of hydrogen-bond donors (Lipinski definition) is 1. The van der Waals surface area contributed by atoms with E-state index >= 15 is 0 Å². The average Bonchev–Trinajstić information content (AvgIpc) is 2.36. The Labute approximate surface area is 124 Å². The third kappa shape index (κ3) is 2.36. The summed E-state index contributed by atoms with van der Waals surface area (Å²) >= 11 is 6.03. The smallest absolute Gasteiger partial charge is 0.0737 e. The molecule has 106 valence electrons. The van der Waals surface area contributed by atoms with Crippen molar-refractivity contribution in [3.8, 4) is 0 Å². The maximum absolute atomic E-state index is 6.03. The minimum Gasteiger partial charge on any atom is -0.383 e. The van der Waals surface area contributed by atoms with Crippen LogP contribution in [0.1, 0.15) is 19.3 Å². The maximum atomic E-state index is 6.03. The molecule has 1 fully saturated rings. The van der Waals surface area contributed by atoms with Gasteiger partial charge in [0.15, 0.2) is 0 Å². The molecule has 1 heterocycles. The Hall–Kier alpha value is -1.32. The van der Waals surface area contributed by atoms with Gasteiger partial charge in [0.05, 0.1) is 5.52 Å². The van der Waals surface area contributed by atoms with Crippen LogP contribution < -0.4 is 5.32 Å². The molecule has 0 bridgehead atoms. The minimum atomic E-state index is 0.308. The SMILES string of the molecule is CN(C)C1(CNc2ccnc3cc(Cl)ccc23)CCC1. The van der Waals surface area contributed by atoms with Gasteiger partial charge >= 0.3 is 0 Å². The van der Waals surface area contributed by atoms with E-state index in [1.54, 1.807) is 0 Å². The molecule has 0 aliphatic heterocycles. The highest BCUT2D eigenvalue weighted by molar-refractivity contribution is 6.31. The first-order chi connectivity index (χ1) is 9.61. The number of hydrogen-bond acceptors (Lipinski definition) is 3. The lowest BCUT2D eigenvalue weighted by atomic mass is 9.75. The molecule has 1 aromatic heterocycles. The van der Waals surface area contributed by atoms with Crippen molar-refractivity contribution >= 4 is 28.2 Å². The zero-order valence-corrected chi connectivity index (χ0v) is 12.7. The molecule has 3 rings (SSSR count). The summed E-state index contributed by atoms with van der Waals surface area (Å²) in [6.07, 6.45) is 5.69. The van der Waals surface area contributed by atoms with Gasteiger partial charge in [-0.25, -0.2) is 0 Å². The van der Waals surface area contributed by atoms with Crippen molar-refractivity contribution in [2.24, 2.45) is 0 Å². The van der Waals surface area contributed by atoms with Crippen LogP contribution in [0.4, 0.5) is 5.69 Å². The molecule has 0 unspecified atom stereocenters. The van der Waals surface area contributed by atoms with Gasteiger partial charge in [-0.15, -0.1) is 0 Å². The second-order valence-electron chi connectivity index (χ2n) is 5.85. The molecule has 1 saturated carbocycles. The summed E-state index contributed by atoms with van der Waals surface area (Å²) in [5, 5.41) is 5.46. The van der Waals surface area contributed by atoms with E-state index in [-0.39, 0.29) is 0 Å². The fraction of sp³-hybridized carbons (Fsp3) is 0.438. The van der Waals surface area contributed by atoms with Gasteiger partial charge in [0.25, 0.3) is 0 Å². The Balaban J connectivity index is 1.84. The number of nitrogens with one attached hydrogen (secondary N) is 1. The Kier molecular flexibility index (Phi) is 3.57. The summed E-state index contributed by atoms with van der Waals surface area (Å²) in [5.41, 5.74) is 2.39. The van der Waals surface area contributed by atoms with Crippen molar-refractivity contribution in [3.63, 3.8) is 0 Å². The summed E-state index contributed by atoms with van der Waals surface area (Å²) in [6.45, 7) is 0.974. The first kappa shape index (κ1) is 13.7. The summed E-state index contributed by atoms with van der Waals surface area (Å²) in [7, 11) is 4.34. The van der Waals surface area contributed by atoms with Gasteiger partial charge < -0.3 is 10.2 Å². The van der Waals surface area contributed by atoms with Gasteiger partial charge in [0.2, 0.25) is 0 Å². The Morgan fingerprint density at radius 2 is 2.10 bits per heavy atom. The molecule has 4 heteroatoms. The van der Waals surface area contributed by atoms with Gasteiger partial charge in [-0.2, -0.15) is 0 Å². The van der Waals surface area contributed by atoms with Crippen LogP contribution in [0.25, 0.3) is 10.9 Å². The van der Waals surface area contributed by atoms with Crippen LogP contribution in [0, 0.1) is 0 Å². The first-order valence-corrected chi connectivity index (χ1v) is 7.44. The van der Waals surface area contributed by atoms with Gasteiger partial charge in [-0.3, -0.25) is 4.98 Å². The standard InChI is InChI=1S/C16H20ClN3/c1-20(2)16(7-3-8-16)11-19-14-6-9-18-15-10-12(17)4-5-13(14)15/h4-6,9-10H,3,7-8,11H2,1-2H3,(H,18,19). The Morgan fingerprint density at radius 1 is 1.30 bits per heavy atom. The van der Waals surface area contributed by atoms with Crippen LogP contribution in [-0.4, -0.2) is 36.1 Å². The average molecular weight is 290 g/mol. The minimum absolute atomic E-state index is 0.308. The summed E-state index contributed by atoms with van der Waals surface area (Å²) in [5.74, 6) is 0. The number of pyridine rings is 1. The molecular formula is C16H20ClN3. The molecule has 0 spiro atoms. The van der Waals surface area contributed by atoms with Gasteiger partial charge in [-0.05, 0) is 57.6 Å². The lowest BCUT2D eigenvalue weighted by Crippen LogP contribution is -2.54. The molecule has 0 atom stereocenters. The molecule has 1 aliphatic carbocycles. The van der Waals surface area contributed by atoms with Crippen molar-refractivity contribution in [2.45, 2.75) is 24.8 Å². The highest BCUT2D eigenvalue weighted by Gasteiger charge is 2.38. The molecule has 1 aromatic carbocycles. The van der Waals surface area contributed by atoms with Crippen molar-refractivity contribution in [3.05, 3.63) is 35.5 Å². The second kappa shape index (κ2) is 5.23. The van der Waals surface area contributed by atoms with E-state index in [4.69, 9.17) is 11.6 Å². The number of aromatic nitrogens is 1. The van der Waals surface area contributed by atoms with Crippen molar-refractivity contribution in [1.82, 2.24) is 9.88 Å². The summed E-state index contributed by atoms with van der Waals surface area (Å²) in [4.78, 5) is 6.73. The third-order valence-corrected chi connectivity index (χ3v) is 4.78. The monoisotopic (exact) mass is 289 g/mol. The van der Waals surface area contributed by atoms with E-state index in [9.17, 15) is 0 Å². The van der Waals surface area contributed by atoms with Crippen molar-refractivity contribution < 1.29 is 0 Å². The molecule has 20 heavy (non-hydrogen) atoms. The molecule has 0 saturated heterocycles. The highest BCUT2D eigenvalue weighted by Crippen LogP contribution is 2.36. The Morgan fingerprint density at radius 3 is 2.75 bits per heavy atom. The number of fused-ring (bicyclic) bond motifs is 1. The molecule has 0 radical (unpaired) electrons. The molecule has 3 nitrogen and oxygen atoms in total. The molecule has 1 N–H and O–H groups in total. The summed E-state index contributed by atoms with van der Waals surface area (Å²) in [6, 6.07) is 7.91. The fourth-order valence-corrected chi connectivity index (χ4v) is 3.07. The predicted molar refractivity (Wildman–Crippen MR) is 85.5 cm³/mol. The highest BCUT2D eigenvalue weighted by atomic mass is 35.5. The van der Waals surface area contributed by atoms with Gasteiger partial charge in [-0.1, -0.05) is 11.6 Å². The van der Waals surface area contributed by atoms with Crippen LogP contribution in [0.15, 0.2) is 30.5 Å². The lowest BCUT2D eigenvalue weighted by Gasteiger charge is -2.47. The second-order valence-corrected chi connectivity index (χ2v) is 6.28. The van der Waals surface area contributed by atoms with Crippen LogP contribution in [0.5, 0.6) is 0 Å². The predicted octanol–water partition coefficient (Wildman–Crippen LogP) is 3.78. The van der Waals surface area contributed by atoms with Gasteiger partial charge in [0.1, 0.15) is 0 Å². The van der Waals surface area contributed by atoms with E-state index in [1.165, 1.54) is 19.3 Å². The van der Waals surface area contributed by atoms with Gasteiger partial charge in [0, 0.05) is 34.4 Å². The van der Waals surface area contributed by atoms with E-state index in [2.05, 4.69) is 29.3 Å². The molecule has 0 amide bonds. The van der Waals surface area contributed by atoms with Crippen LogP contribution in [0.2, 0.25) is 5.02 Å². The number of nitrogens with zero attached hydrogens (tertiary/aromatic N) is 2. The van der Waals surface area contributed by atoms with Crippen molar-refractivity contribution in [2.75, 3.05) is 26.0 Å². The number of benzene rings is 1. The number of anilines is 1. The number of rotatable bonds is 4. The van der Waals surface area contributed by atoms with E-state index < -0.39 is 0 Å². The largest absolute Gasteiger partial charge is 0.383 e. The first-order valence-electron chi connectivity index (χ1n) is 7.06. The summed E-state index contributed by atoms with van der Waals surface area (Å²) < 4.78 is 0. The van der Waals surface area contributed by atoms with Crippen LogP contribution in [0.3, 0.4) is 0 Å². The van der Waals surface area contributed by atoms with Crippen molar-refractivity contribution in [1.29, 1.82) is 0 Å². The van der Waals surface area contributed by atoms with E-state index in [0.29, 0.717) is 5.54 Å². The fourth-order valence-electron chi connectivity index (χ4n) is 2.90. The lowest BCUT2D eigenvalue weighted by molar-refractivity contribution is 0.0739. The van der Waals surface area contributed by atoms with E-state index in [1.807, 2.05) is 30.5 Å². The molecular weight excluding hydrogens is 270 g/mol. The topological polar surface area (TPSA) is 28.2 Å². The zero-order valence-electron chi connectivity index (χ0n) is 12.0. The van der Waals surface area contributed by atoms with Crippen LogP contribution in [-0.2, 0) is 0 Å². The third-order valence-electron chi connectivity index (χ3n) is 4.55. The molecule has 2 aromatic rings. The number of likely N-dealkylation sites (N-methyl/N-ethyl adjacent to an activating group) is 1. The zero-order chi connectivity index (χ0) is 14.2. The molecule has 1 aliphatic rings. The number of halogens is 1. The normalized spacial score (nSPS) is 17.2. The van der Waals surface area contributed by atoms with E-state index in [0.717, 1.165) is 28.2 Å². The quantitative estimate of drug-likeness (QED) is 0.928. The maximum Gasteiger partial charge on any atom is 0.0737 e.